The van der Waals surface area contributed by atoms with Crippen LogP contribution in [0.25, 0.3) is 0 Å². The molecule has 0 radical (unpaired) electrons. The number of rotatable bonds is 4. The second-order valence-corrected chi connectivity index (χ2v) is 3.74. The van der Waals surface area contributed by atoms with E-state index in [9.17, 15) is 0 Å². The molecule has 0 bridgehead atoms. The predicted octanol–water partition coefficient (Wildman–Crippen LogP) is 1.00. The highest BCUT2D eigenvalue weighted by Gasteiger charge is 2.04. The van der Waals surface area contributed by atoms with Gasteiger partial charge in [0.1, 0.15) is 5.82 Å². The smallest absolute Gasteiger partial charge is 0.147 e. The highest BCUT2D eigenvalue weighted by molar-refractivity contribution is 5.35. The van der Waals surface area contributed by atoms with Gasteiger partial charge in [-0.1, -0.05) is 0 Å². The van der Waals surface area contributed by atoms with Crippen LogP contribution >= 0.6 is 0 Å². The molecule has 2 aromatic heterocycles. The summed E-state index contributed by atoms with van der Waals surface area (Å²) >= 11 is 0. The van der Waals surface area contributed by atoms with E-state index in [1.165, 1.54) is 0 Å². The minimum absolute atomic E-state index is 0.0820. The molecule has 5 nitrogen and oxygen atoms in total. The molecule has 0 unspecified atom stereocenters. The Labute approximate surface area is 99.8 Å². The first-order valence-electron chi connectivity index (χ1n) is 5.31. The van der Waals surface area contributed by atoms with Crippen molar-refractivity contribution < 1.29 is 5.11 Å². The van der Waals surface area contributed by atoms with Gasteiger partial charge in [-0.15, -0.1) is 0 Å². The van der Waals surface area contributed by atoms with Crippen molar-refractivity contribution in [3.05, 3.63) is 48.2 Å². The summed E-state index contributed by atoms with van der Waals surface area (Å²) in [5, 5.41) is 8.88. The summed E-state index contributed by atoms with van der Waals surface area (Å²) in [5.41, 5.74) is 1.74. The van der Waals surface area contributed by atoms with Crippen molar-refractivity contribution >= 4 is 5.82 Å². The molecule has 0 aliphatic carbocycles. The molecule has 0 aliphatic heterocycles. The van der Waals surface area contributed by atoms with Crippen LogP contribution in [0.15, 0.2) is 36.9 Å². The van der Waals surface area contributed by atoms with Gasteiger partial charge < -0.3 is 10.0 Å². The van der Waals surface area contributed by atoms with E-state index < -0.39 is 0 Å². The topological polar surface area (TPSA) is 62.1 Å². The Balaban J connectivity index is 2.06. The third kappa shape index (κ3) is 2.98. The molecule has 0 aromatic carbocycles. The molecular weight excluding hydrogens is 216 g/mol. The van der Waals surface area contributed by atoms with Crippen molar-refractivity contribution in [3.8, 4) is 0 Å². The number of pyridine rings is 1. The fraction of sp³-hybridized carbons (Fsp3) is 0.250. The average molecular weight is 230 g/mol. The van der Waals surface area contributed by atoms with Crippen molar-refractivity contribution in [2.45, 2.75) is 13.2 Å². The van der Waals surface area contributed by atoms with Crippen molar-refractivity contribution in [1.82, 2.24) is 15.0 Å². The summed E-state index contributed by atoms with van der Waals surface area (Å²) in [7, 11) is 1.95. The Bertz CT molecular complexity index is 458. The van der Waals surface area contributed by atoms with Gasteiger partial charge in [-0.3, -0.25) is 9.97 Å². The summed E-state index contributed by atoms with van der Waals surface area (Å²) in [4.78, 5) is 14.3. The second-order valence-electron chi connectivity index (χ2n) is 3.74. The number of anilines is 1. The number of aliphatic hydroxyl groups is 1. The maximum absolute atomic E-state index is 8.88. The Hall–Kier alpha value is -2.01. The van der Waals surface area contributed by atoms with Crippen LogP contribution in [-0.2, 0) is 13.2 Å². The molecule has 5 heteroatoms. The average Bonchev–Trinajstić information content (AvgIpc) is 2.40. The third-order valence-electron chi connectivity index (χ3n) is 2.41. The summed E-state index contributed by atoms with van der Waals surface area (Å²) in [5.74, 6) is 0.777. The largest absolute Gasteiger partial charge is 0.390 e. The van der Waals surface area contributed by atoms with Gasteiger partial charge in [0.05, 0.1) is 24.7 Å². The zero-order chi connectivity index (χ0) is 12.1. The van der Waals surface area contributed by atoms with Crippen LogP contribution in [0.3, 0.4) is 0 Å². The molecule has 1 N–H and O–H groups in total. The molecule has 0 spiro atoms. The van der Waals surface area contributed by atoms with Crippen molar-refractivity contribution in [1.29, 1.82) is 0 Å². The first kappa shape index (κ1) is 11.5. The van der Waals surface area contributed by atoms with Gasteiger partial charge in [-0.25, -0.2) is 4.98 Å². The van der Waals surface area contributed by atoms with E-state index in [4.69, 9.17) is 5.11 Å². The van der Waals surface area contributed by atoms with Crippen LogP contribution in [-0.4, -0.2) is 27.1 Å². The van der Waals surface area contributed by atoms with Crippen LogP contribution in [0.2, 0.25) is 0 Å². The zero-order valence-electron chi connectivity index (χ0n) is 9.61. The molecule has 0 atom stereocenters. The quantitative estimate of drug-likeness (QED) is 0.849. The SMILES string of the molecule is CN(Cc1ccncc1)c1cnc(CO)cn1. The van der Waals surface area contributed by atoms with Crippen molar-refractivity contribution in [3.63, 3.8) is 0 Å². The van der Waals surface area contributed by atoms with E-state index in [-0.39, 0.29) is 6.61 Å². The van der Waals surface area contributed by atoms with Crippen LogP contribution in [0.4, 0.5) is 5.82 Å². The fourth-order valence-electron chi connectivity index (χ4n) is 1.47. The Kier molecular flexibility index (Phi) is 3.62. The molecule has 17 heavy (non-hydrogen) atoms. The number of aliphatic hydroxyl groups excluding tert-OH is 1. The summed E-state index contributed by atoms with van der Waals surface area (Å²) in [6, 6.07) is 3.93. The molecule has 88 valence electrons. The highest BCUT2D eigenvalue weighted by atomic mass is 16.3. The molecule has 0 saturated heterocycles. The standard InChI is InChI=1S/C12H14N4O/c1-16(8-10-2-4-13-5-3-10)12-7-14-11(9-17)6-15-12/h2-7,17H,8-9H2,1H3. The van der Waals surface area contributed by atoms with Crippen molar-refractivity contribution in [2.75, 3.05) is 11.9 Å². The van der Waals surface area contributed by atoms with Gasteiger partial charge in [-0.2, -0.15) is 0 Å². The van der Waals surface area contributed by atoms with Crippen LogP contribution < -0.4 is 4.90 Å². The molecule has 0 amide bonds. The lowest BCUT2D eigenvalue weighted by molar-refractivity contribution is 0.276. The van der Waals surface area contributed by atoms with Crippen LogP contribution in [0.5, 0.6) is 0 Å². The fourth-order valence-corrected chi connectivity index (χ4v) is 1.47. The zero-order valence-corrected chi connectivity index (χ0v) is 9.61. The molecule has 0 fully saturated rings. The Morgan fingerprint density at radius 1 is 1.18 bits per heavy atom. The van der Waals surface area contributed by atoms with Gasteiger partial charge in [0.15, 0.2) is 0 Å². The summed E-state index contributed by atoms with van der Waals surface area (Å²) < 4.78 is 0. The molecule has 2 rings (SSSR count). The van der Waals surface area contributed by atoms with E-state index in [0.717, 1.165) is 17.9 Å². The van der Waals surface area contributed by atoms with Gasteiger partial charge in [-0.05, 0) is 17.7 Å². The highest BCUT2D eigenvalue weighted by Crippen LogP contribution is 2.10. The van der Waals surface area contributed by atoms with Gasteiger partial charge >= 0.3 is 0 Å². The third-order valence-corrected chi connectivity index (χ3v) is 2.41. The molecular formula is C12H14N4O. The molecule has 2 heterocycles. The number of aromatic nitrogens is 3. The van der Waals surface area contributed by atoms with Gasteiger partial charge in [0.2, 0.25) is 0 Å². The number of hydrogen-bond acceptors (Lipinski definition) is 5. The van der Waals surface area contributed by atoms with E-state index in [1.807, 2.05) is 24.1 Å². The lowest BCUT2D eigenvalue weighted by Crippen LogP contribution is -2.18. The minimum Gasteiger partial charge on any atom is -0.390 e. The molecule has 0 saturated carbocycles. The normalized spacial score (nSPS) is 10.2. The van der Waals surface area contributed by atoms with Crippen LogP contribution in [0.1, 0.15) is 11.3 Å². The Morgan fingerprint density at radius 3 is 2.53 bits per heavy atom. The number of nitrogens with zero attached hydrogens (tertiary/aromatic N) is 4. The second kappa shape index (κ2) is 5.36. The van der Waals surface area contributed by atoms with Crippen LogP contribution in [0, 0.1) is 0 Å². The van der Waals surface area contributed by atoms with Gasteiger partial charge in [0.25, 0.3) is 0 Å². The van der Waals surface area contributed by atoms with E-state index in [1.54, 1.807) is 24.8 Å². The number of hydrogen-bond donors (Lipinski definition) is 1. The minimum atomic E-state index is -0.0820. The lowest BCUT2D eigenvalue weighted by atomic mass is 10.2. The summed E-state index contributed by atoms with van der Waals surface area (Å²) in [6.07, 6.45) is 6.78. The van der Waals surface area contributed by atoms with Crippen molar-refractivity contribution in [2.24, 2.45) is 0 Å². The van der Waals surface area contributed by atoms with Gasteiger partial charge in [0, 0.05) is 26.0 Å². The molecule has 2 aromatic rings. The summed E-state index contributed by atoms with van der Waals surface area (Å²) in [6.45, 7) is 0.664. The van der Waals surface area contributed by atoms with E-state index in [0.29, 0.717) is 5.69 Å². The lowest BCUT2D eigenvalue weighted by Gasteiger charge is -2.17. The van der Waals surface area contributed by atoms with E-state index >= 15 is 0 Å². The van der Waals surface area contributed by atoms with E-state index in [2.05, 4.69) is 15.0 Å². The predicted molar refractivity (Wildman–Crippen MR) is 64.3 cm³/mol. The monoisotopic (exact) mass is 230 g/mol. The first-order chi connectivity index (χ1) is 8.29. The maximum atomic E-state index is 8.88. The molecule has 0 aliphatic rings. The Morgan fingerprint density at radius 2 is 1.94 bits per heavy atom. The maximum Gasteiger partial charge on any atom is 0.147 e. The first-order valence-corrected chi connectivity index (χ1v) is 5.31.